The minimum Gasteiger partial charge on any atom is -0.266 e. The largest absolute Gasteiger partial charge is 0.289 e. The molecule has 0 unspecified atom stereocenters. The normalized spacial score (nSPS) is 10.8. The molecule has 0 bridgehead atoms. The van der Waals surface area contributed by atoms with E-state index in [-0.39, 0.29) is 5.57 Å². The average Bonchev–Trinajstić information content (AvgIpc) is 2.83. The van der Waals surface area contributed by atoms with Gasteiger partial charge in [-0.15, -0.1) is 0 Å². The van der Waals surface area contributed by atoms with Gasteiger partial charge in [0, 0.05) is 5.69 Å². The third kappa shape index (κ3) is 3.05. The first kappa shape index (κ1) is 14.2. The van der Waals surface area contributed by atoms with E-state index < -0.39 is 5.91 Å². The molecule has 1 aromatic heterocycles. The first-order valence-corrected chi connectivity index (χ1v) is 6.25. The molecule has 0 aliphatic carbocycles. The topological polar surface area (TPSA) is 82.5 Å². The lowest BCUT2D eigenvalue weighted by atomic mass is 10.1. The second-order valence-electron chi connectivity index (χ2n) is 4.55. The number of allylic oxidation sites excluding steroid dienone is 1. The van der Waals surface area contributed by atoms with Crippen LogP contribution in [-0.4, -0.2) is 15.7 Å². The molecule has 2 rings (SSSR count). The molecule has 2 aromatic rings. The fourth-order valence-corrected chi connectivity index (χ4v) is 1.91. The van der Waals surface area contributed by atoms with Crippen molar-refractivity contribution in [1.82, 2.24) is 9.78 Å². The highest BCUT2D eigenvalue weighted by atomic mass is 16.2. The number of nitrogens with zero attached hydrogens (tertiary/aromatic N) is 4. The lowest BCUT2D eigenvalue weighted by Gasteiger charge is -2.02. The van der Waals surface area contributed by atoms with Gasteiger partial charge in [-0.3, -0.25) is 4.79 Å². The summed E-state index contributed by atoms with van der Waals surface area (Å²) in [6.45, 7) is 3.54. The molecule has 0 saturated carbocycles. The van der Waals surface area contributed by atoms with Gasteiger partial charge in [-0.1, -0.05) is 12.1 Å². The van der Waals surface area contributed by atoms with E-state index >= 15 is 0 Å². The first-order chi connectivity index (χ1) is 10.0. The van der Waals surface area contributed by atoms with Crippen molar-refractivity contribution in [2.45, 2.75) is 13.8 Å². The predicted octanol–water partition coefficient (Wildman–Crippen LogP) is 2.62. The van der Waals surface area contributed by atoms with E-state index in [0.29, 0.717) is 16.8 Å². The highest BCUT2D eigenvalue weighted by Crippen LogP contribution is 2.11. The molecule has 0 aliphatic rings. The monoisotopic (exact) mass is 276 g/mol. The Labute approximate surface area is 122 Å². The second kappa shape index (κ2) is 5.85. The van der Waals surface area contributed by atoms with Crippen LogP contribution in [0.3, 0.4) is 0 Å². The van der Waals surface area contributed by atoms with E-state index in [1.54, 1.807) is 44.2 Å². The predicted molar refractivity (Wildman–Crippen MR) is 77.1 cm³/mol. The average molecular weight is 276 g/mol. The number of carbonyl (C=O) groups is 1. The maximum absolute atomic E-state index is 12.3. The number of rotatable bonds is 2. The Morgan fingerprint density at radius 1 is 1.24 bits per heavy atom. The van der Waals surface area contributed by atoms with Crippen LogP contribution in [0.2, 0.25) is 0 Å². The first-order valence-electron chi connectivity index (χ1n) is 6.25. The Hall–Kier alpha value is -3.18. The SMILES string of the molecule is Cc1cc(C)n(C(=O)/C(C#N)=C/c2ccc(C#N)cc2)n1. The van der Waals surface area contributed by atoms with Crippen LogP contribution in [0.5, 0.6) is 0 Å². The van der Waals surface area contributed by atoms with Crippen molar-refractivity contribution in [3.63, 3.8) is 0 Å². The van der Waals surface area contributed by atoms with Crippen LogP contribution in [0.1, 0.15) is 27.3 Å². The summed E-state index contributed by atoms with van der Waals surface area (Å²) in [7, 11) is 0. The molecule has 0 amide bonds. The van der Waals surface area contributed by atoms with Crippen LogP contribution >= 0.6 is 0 Å². The molecular weight excluding hydrogens is 264 g/mol. The van der Waals surface area contributed by atoms with Crippen molar-refractivity contribution in [3.8, 4) is 12.1 Å². The number of aryl methyl sites for hydroxylation is 2. The smallest absolute Gasteiger partial charge is 0.266 e. The van der Waals surface area contributed by atoms with Crippen molar-refractivity contribution in [2.24, 2.45) is 0 Å². The summed E-state index contributed by atoms with van der Waals surface area (Å²) < 4.78 is 1.22. The minimum atomic E-state index is -0.465. The molecule has 5 heteroatoms. The van der Waals surface area contributed by atoms with Gasteiger partial charge in [0.25, 0.3) is 5.91 Å². The van der Waals surface area contributed by atoms with E-state index in [1.165, 1.54) is 10.8 Å². The Kier molecular flexibility index (Phi) is 3.97. The zero-order valence-corrected chi connectivity index (χ0v) is 11.7. The maximum atomic E-state index is 12.3. The number of nitriles is 2. The van der Waals surface area contributed by atoms with Crippen molar-refractivity contribution < 1.29 is 4.79 Å². The van der Waals surface area contributed by atoms with Crippen LogP contribution in [-0.2, 0) is 0 Å². The van der Waals surface area contributed by atoms with Gasteiger partial charge in [-0.05, 0) is 43.7 Å². The summed E-state index contributed by atoms with van der Waals surface area (Å²) in [5.41, 5.74) is 2.59. The molecule has 0 saturated heterocycles. The number of hydrogen-bond donors (Lipinski definition) is 0. The van der Waals surface area contributed by atoms with Crippen LogP contribution in [0.15, 0.2) is 35.9 Å². The molecule has 1 heterocycles. The number of aromatic nitrogens is 2. The summed E-state index contributed by atoms with van der Waals surface area (Å²) in [4.78, 5) is 12.3. The third-order valence-corrected chi connectivity index (χ3v) is 2.90. The minimum absolute atomic E-state index is 0.00842. The van der Waals surface area contributed by atoms with Crippen molar-refractivity contribution >= 4 is 12.0 Å². The second-order valence-corrected chi connectivity index (χ2v) is 4.55. The van der Waals surface area contributed by atoms with Gasteiger partial charge >= 0.3 is 0 Å². The van der Waals surface area contributed by atoms with Crippen LogP contribution in [0.4, 0.5) is 0 Å². The fourth-order valence-electron chi connectivity index (χ4n) is 1.91. The third-order valence-electron chi connectivity index (χ3n) is 2.90. The maximum Gasteiger partial charge on any atom is 0.289 e. The lowest BCUT2D eigenvalue weighted by molar-refractivity contribution is 0.0944. The summed E-state index contributed by atoms with van der Waals surface area (Å²) in [5.74, 6) is -0.465. The highest BCUT2D eigenvalue weighted by molar-refractivity contribution is 6.03. The Bertz CT molecular complexity index is 798. The molecule has 0 radical (unpaired) electrons. The molecule has 1 aromatic carbocycles. The van der Waals surface area contributed by atoms with E-state index in [2.05, 4.69) is 5.10 Å². The van der Waals surface area contributed by atoms with Gasteiger partial charge in [-0.25, -0.2) is 4.68 Å². The summed E-state index contributed by atoms with van der Waals surface area (Å²) >= 11 is 0. The van der Waals surface area contributed by atoms with Gasteiger partial charge in [0.15, 0.2) is 0 Å². The molecule has 21 heavy (non-hydrogen) atoms. The quantitative estimate of drug-likeness (QED) is 0.623. The number of benzene rings is 1. The van der Waals surface area contributed by atoms with Crippen LogP contribution in [0.25, 0.3) is 6.08 Å². The fraction of sp³-hybridized carbons (Fsp3) is 0.125. The van der Waals surface area contributed by atoms with Gasteiger partial charge in [0.05, 0.1) is 17.3 Å². The lowest BCUT2D eigenvalue weighted by Crippen LogP contribution is -2.15. The Morgan fingerprint density at radius 2 is 1.90 bits per heavy atom. The van der Waals surface area contributed by atoms with E-state index in [0.717, 1.165) is 5.69 Å². The van der Waals surface area contributed by atoms with Gasteiger partial charge in [0.1, 0.15) is 11.6 Å². The van der Waals surface area contributed by atoms with Crippen molar-refractivity contribution in [2.75, 3.05) is 0 Å². The number of carbonyl (C=O) groups excluding carboxylic acids is 1. The molecular formula is C16H12N4O. The molecule has 0 atom stereocenters. The van der Waals surface area contributed by atoms with Gasteiger partial charge in [-0.2, -0.15) is 15.6 Å². The summed E-state index contributed by atoms with van der Waals surface area (Å²) in [5, 5.41) is 22.0. The molecule has 0 fully saturated rings. The van der Waals surface area contributed by atoms with Crippen LogP contribution in [0, 0.1) is 36.5 Å². The zero-order chi connectivity index (χ0) is 15.4. The van der Waals surface area contributed by atoms with E-state index in [9.17, 15) is 10.1 Å². The molecule has 0 N–H and O–H groups in total. The standard InChI is InChI=1S/C16H12N4O/c1-11-7-12(2)20(19-11)16(21)15(10-18)8-13-3-5-14(9-17)6-4-13/h3-8H,1-2H3/b15-8+. The summed E-state index contributed by atoms with van der Waals surface area (Å²) in [6, 6.07) is 12.3. The summed E-state index contributed by atoms with van der Waals surface area (Å²) in [6.07, 6.45) is 1.49. The molecule has 5 nitrogen and oxygen atoms in total. The van der Waals surface area contributed by atoms with Gasteiger partial charge < -0.3 is 0 Å². The molecule has 102 valence electrons. The van der Waals surface area contributed by atoms with E-state index in [4.69, 9.17) is 5.26 Å². The zero-order valence-electron chi connectivity index (χ0n) is 11.7. The molecule has 0 aliphatic heterocycles. The molecule has 0 spiro atoms. The van der Waals surface area contributed by atoms with Crippen molar-refractivity contribution in [3.05, 3.63) is 58.4 Å². The number of hydrogen-bond acceptors (Lipinski definition) is 4. The van der Waals surface area contributed by atoms with Gasteiger partial charge in [0.2, 0.25) is 0 Å². The Morgan fingerprint density at radius 3 is 2.38 bits per heavy atom. The van der Waals surface area contributed by atoms with E-state index in [1.807, 2.05) is 12.1 Å². The van der Waals surface area contributed by atoms with Crippen LogP contribution < -0.4 is 0 Å². The van der Waals surface area contributed by atoms with Crippen molar-refractivity contribution in [1.29, 1.82) is 10.5 Å². The highest BCUT2D eigenvalue weighted by Gasteiger charge is 2.15. The Balaban J connectivity index is 2.37.